The first-order valence-electron chi connectivity index (χ1n) is 13.4. The molecule has 0 saturated carbocycles. The molecule has 0 atom stereocenters. The molecule has 4 aromatic rings. The Hall–Kier alpha value is -4.05. The van der Waals surface area contributed by atoms with E-state index in [0.29, 0.717) is 44.3 Å². The van der Waals surface area contributed by atoms with E-state index < -0.39 is 0 Å². The zero-order chi connectivity index (χ0) is 27.7. The van der Waals surface area contributed by atoms with Crippen molar-refractivity contribution in [2.45, 2.75) is 13.2 Å². The van der Waals surface area contributed by atoms with Gasteiger partial charge >= 0.3 is 0 Å². The molecule has 1 aromatic heterocycles. The van der Waals surface area contributed by atoms with Crippen molar-refractivity contribution in [3.8, 4) is 0 Å². The van der Waals surface area contributed by atoms with Crippen LogP contribution in [0.15, 0.2) is 78.9 Å². The summed E-state index contributed by atoms with van der Waals surface area (Å²) >= 11 is 0. The molecular formula is C31H33FN4O4. The number of aromatic nitrogens is 1. The zero-order valence-electron chi connectivity index (χ0n) is 22.3. The van der Waals surface area contributed by atoms with E-state index >= 15 is 0 Å². The van der Waals surface area contributed by atoms with Gasteiger partial charge < -0.3 is 24.7 Å². The summed E-state index contributed by atoms with van der Waals surface area (Å²) < 4.78 is 26.7. The fraction of sp³-hybridized carbons (Fsp3) is 0.290. The first kappa shape index (κ1) is 27.5. The second kappa shape index (κ2) is 13.3. The molecule has 1 aliphatic heterocycles. The number of halogens is 1. The molecule has 40 heavy (non-hydrogen) atoms. The predicted octanol–water partition coefficient (Wildman–Crippen LogP) is 4.05. The summed E-state index contributed by atoms with van der Waals surface area (Å²) in [6, 6.07) is 23.3. The van der Waals surface area contributed by atoms with Crippen molar-refractivity contribution < 1.29 is 23.5 Å². The van der Waals surface area contributed by atoms with Crippen LogP contribution < -0.4 is 10.6 Å². The lowest BCUT2D eigenvalue weighted by molar-refractivity contribution is -0.121. The summed E-state index contributed by atoms with van der Waals surface area (Å²) in [5.74, 6) is -0.804. The average molecular weight is 545 g/mol. The first-order chi connectivity index (χ1) is 19.5. The van der Waals surface area contributed by atoms with E-state index in [1.54, 1.807) is 18.2 Å². The minimum atomic E-state index is -0.329. The molecule has 1 aliphatic rings. The molecule has 3 aromatic carbocycles. The molecule has 0 spiro atoms. The largest absolute Gasteiger partial charge is 0.379 e. The molecule has 8 nitrogen and oxygen atoms in total. The van der Waals surface area contributed by atoms with Crippen molar-refractivity contribution in [2.24, 2.45) is 0 Å². The third-order valence-corrected chi connectivity index (χ3v) is 6.81. The Bertz CT molecular complexity index is 1450. The monoisotopic (exact) mass is 544 g/mol. The van der Waals surface area contributed by atoms with Crippen LogP contribution in [0.25, 0.3) is 10.9 Å². The zero-order valence-corrected chi connectivity index (χ0v) is 22.3. The first-order valence-corrected chi connectivity index (χ1v) is 13.4. The molecule has 5 rings (SSSR count). The molecule has 2 heterocycles. The Morgan fingerprint density at radius 2 is 1.73 bits per heavy atom. The lowest BCUT2D eigenvalue weighted by atomic mass is 10.2. The summed E-state index contributed by atoms with van der Waals surface area (Å²) in [4.78, 5) is 28.0. The molecule has 2 amide bonds. The molecule has 0 bridgehead atoms. The summed E-state index contributed by atoms with van der Waals surface area (Å²) in [6.45, 7) is 4.94. The number of nitrogens with zero attached hydrogens (tertiary/aromatic N) is 2. The van der Waals surface area contributed by atoms with E-state index in [9.17, 15) is 14.0 Å². The van der Waals surface area contributed by atoms with Gasteiger partial charge in [-0.15, -0.1) is 0 Å². The van der Waals surface area contributed by atoms with Gasteiger partial charge in [0.25, 0.3) is 5.91 Å². The molecule has 0 radical (unpaired) electrons. The molecule has 9 heteroatoms. The van der Waals surface area contributed by atoms with Gasteiger partial charge in [0, 0.05) is 49.3 Å². The van der Waals surface area contributed by atoms with Crippen LogP contribution in [0.2, 0.25) is 0 Å². The van der Waals surface area contributed by atoms with Gasteiger partial charge in [-0.1, -0.05) is 42.5 Å². The molecule has 208 valence electrons. The fourth-order valence-corrected chi connectivity index (χ4v) is 4.80. The predicted molar refractivity (Wildman–Crippen MR) is 152 cm³/mol. The number of nitrogens with one attached hydrogen (secondary N) is 2. The van der Waals surface area contributed by atoms with Gasteiger partial charge in [0.15, 0.2) is 0 Å². The van der Waals surface area contributed by atoms with Crippen LogP contribution in [0.3, 0.4) is 0 Å². The summed E-state index contributed by atoms with van der Waals surface area (Å²) in [7, 11) is 0. The number of benzene rings is 3. The molecule has 2 N–H and O–H groups in total. The van der Waals surface area contributed by atoms with Crippen molar-refractivity contribution in [3.05, 3.63) is 102 Å². The standard InChI is InChI=1S/C31H33FN4O4/c32-26-8-4-7-24(17-26)20-36-28-10-9-27(34-30(37)22-40-21-23-5-2-1-3-6-23)18-25(28)19-29(36)31(38)33-11-12-35-13-15-39-16-14-35/h1-10,17-19H,11-16,20-22H2,(H,33,38)(H,34,37). The Labute approximate surface area is 232 Å². The SMILES string of the molecule is O=C(COCc1ccccc1)Nc1ccc2c(c1)cc(C(=O)NCCN1CCOCC1)n2Cc1cccc(F)c1. The van der Waals surface area contributed by atoms with E-state index in [2.05, 4.69) is 15.5 Å². The van der Waals surface area contributed by atoms with E-state index in [0.717, 1.165) is 41.7 Å². The van der Waals surface area contributed by atoms with Crippen LogP contribution in [0.4, 0.5) is 10.1 Å². The van der Waals surface area contributed by atoms with Crippen LogP contribution in [-0.2, 0) is 27.4 Å². The number of fused-ring (bicyclic) bond motifs is 1. The quantitative estimate of drug-likeness (QED) is 0.298. The molecular weight excluding hydrogens is 511 g/mol. The van der Waals surface area contributed by atoms with Gasteiger partial charge in [0.1, 0.15) is 18.1 Å². The number of hydrogen-bond acceptors (Lipinski definition) is 5. The second-order valence-electron chi connectivity index (χ2n) is 9.76. The Morgan fingerprint density at radius 3 is 2.52 bits per heavy atom. The highest BCUT2D eigenvalue weighted by Gasteiger charge is 2.18. The maximum Gasteiger partial charge on any atom is 0.267 e. The van der Waals surface area contributed by atoms with Crippen molar-refractivity contribution in [3.63, 3.8) is 0 Å². The van der Waals surface area contributed by atoms with Gasteiger partial charge in [0.05, 0.1) is 19.8 Å². The van der Waals surface area contributed by atoms with Crippen LogP contribution in [-0.4, -0.2) is 67.3 Å². The van der Waals surface area contributed by atoms with Crippen molar-refractivity contribution in [1.82, 2.24) is 14.8 Å². The second-order valence-corrected chi connectivity index (χ2v) is 9.76. The van der Waals surface area contributed by atoms with Crippen molar-refractivity contribution in [2.75, 3.05) is 51.3 Å². The normalized spacial score (nSPS) is 13.8. The number of amides is 2. The van der Waals surface area contributed by atoms with Crippen molar-refractivity contribution >= 4 is 28.4 Å². The molecule has 1 saturated heterocycles. The van der Waals surface area contributed by atoms with E-state index in [-0.39, 0.29) is 24.2 Å². The van der Waals surface area contributed by atoms with Gasteiger partial charge in [-0.05, 0) is 47.5 Å². The maximum absolute atomic E-state index is 13.9. The van der Waals surface area contributed by atoms with Crippen LogP contribution in [0, 0.1) is 5.82 Å². The van der Waals surface area contributed by atoms with Crippen LogP contribution >= 0.6 is 0 Å². The number of hydrogen-bond donors (Lipinski definition) is 2. The van der Waals surface area contributed by atoms with E-state index in [1.807, 2.05) is 53.1 Å². The number of anilines is 1. The lowest BCUT2D eigenvalue weighted by Gasteiger charge is -2.26. The van der Waals surface area contributed by atoms with Gasteiger partial charge in [-0.25, -0.2) is 4.39 Å². The number of carbonyl (C=O) groups excluding carboxylic acids is 2. The highest BCUT2D eigenvalue weighted by atomic mass is 19.1. The number of ether oxygens (including phenoxy) is 2. The Kier molecular flexibility index (Phi) is 9.18. The average Bonchev–Trinajstić information content (AvgIpc) is 3.31. The smallest absolute Gasteiger partial charge is 0.267 e. The summed E-state index contributed by atoms with van der Waals surface area (Å²) in [6.07, 6.45) is 0. The highest BCUT2D eigenvalue weighted by Crippen LogP contribution is 2.25. The number of morpholine rings is 1. The summed E-state index contributed by atoms with van der Waals surface area (Å²) in [5.41, 5.74) is 3.61. The van der Waals surface area contributed by atoms with E-state index in [1.165, 1.54) is 12.1 Å². The minimum Gasteiger partial charge on any atom is -0.379 e. The third-order valence-electron chi connectivity index (χ3n) is 6.81. The topological polar surface area (TPSA) is 84.8 Å². The van der Waals surface area contributed by atoms with Gasteiger partial charge in [0.2, 0.25) is 5.91 Å². The van der Waals surface area contributed by atoms with Gasteiger partial charge in [-0.3, -0.25) is 14.5 Å². The third kappa shape index (κ3) is 7.32. The maximum atomic E-state index is 13.9. The fourth-order valence-electron chi connectivity index (χ4n) is 4.80. The van der Waals surface area contributed by atoms with Crippen LogP contribution in [0.1, 0.15) is 21.6 Å². The summed E-state index contributed by atoms with van der Waals surface area (Å²) in [5, 5.41) is 6.68. The highest BCUT2D eigenvalue weighted by molar-refractivity contribution is 6.00. The molecule has 1 fully saturated rings. The van der Waals surface area contributed by atoms with Gasteiger partial charge in [-0.2, -0.15) is 0 Å². The molecule has 0 unspecified atom stereocenters. The lowest BCUT2D eigenvalue weighted by Crippen LogP contribution is -2.41. The Morgan fingerprint density at radius 1 is 0.925 bits per heavy atom. The van der Waals surface area contributed by atoms with Crippen LogP contribution in [0.5, 0.6) is 0 Å². The molecule has 0 aliphatic carbocycles. The van der Waals surface area contributed by atoms with E-state index in [4.69, 9.17) is 9.47 Å². The Balaban J connectivity index is 1.29. The van der Waals surface area contributed by atoms with Crippen molar-refractivity contribution in [1.29, 1.82) is 0 Å². The number of rotatable bonds is 11. The number of carbonyl (C=O) groups is 2. The minimum absolute atomic E-state index is 0.0791.